The summed E-state index contributed by atoms with van der Waals surface area (Å²) in [5.74, 6) is -0.349. The van der Waals surface area contributed by atoms with Crippen LogP contribution in [-0.2, 0) is 9.47 Å². The zero-order chi connectivity index (χ0) is 19.8. The Labute approximate surface area is 165 Å². The van der Waals surface area contributed by atoms with Gasteiger partial charge < -0.3 is 25.0 Å². The molecule has 28 heavy (non-hydrogen) atoms. The number of guanidine groups is 1. The molecule has 2 aliphatic heterocycles. The summed E-state index contributed by atoms with van der Waals surface area (Å²) in [6.07, 6.45) is 3.27. The van der Waals surface area contributed by atoms with E-state index in [2.05, 4.69) is 15.6 Å². The molecule has 156 valence electrons. The fourth-order valence-electron chi connectivity index (χ4n) is 3.56. The maximum absolute atomic E-state index is 14.0. The molecule has 0 spiro atoms. The topological polar surface area (TPSA) is 58.1 Å². The molecule has 2 fully saturated rings. The van der Waals surface area contributed by atoms with Crippen molar-refractivity contribution in [2.75, 3.05) is 50.9 Å². The van der Waals surface area contributed by atoms with Crippen molar-refractivity contribution in [2.24, 2.45) is 4.99 Å². The van der Waals surface area contributed by atoms with E-state index in [4.69, 9.17) is 9.47 Å². The number of anilines is 1. The smallest absolute Gasteiger partial charge is 0.191 e. The van der Waals surface area contributed by atoms with Crippen molar-refractivity contribution in [2.45, 2.75) is 38.3 Å². The Morgan fingerprint density at radius 2 is 2.25 bits per heavy atom. The monoisotopic (exact) mass is 396 g/mol. The number of halogens is 2. The summed E-state index contributed by atoms with van der Waals surface area (Å²) in [4.78, 5) is 6.49. The normalized spacial score (nSPS) is 22.7. The highest BCUT2D eigenvalue weighted by molar-refractivity contribution is 5.80. The predicted octanol–water partition coefficient (Wildman–Crippen LogP) is 2.29. The van der Waals surface area contributed by atoms with Gasteiger partial charge in [-0.25, -0.2) is 8.78 Å². The highest BCUT2D eigenvalue weighted by Gasteiger charge is 2.25. The number of ether oxygens (including phenoxy) is 2. The molecule has 2 N–H and O–H groups in total. The van der Waals surface area contributed by atoms with Crippen molar-refractivity contribution in [1.29, 1.82) is 0 Å². The summed E-state index contributed by atoms with van der Waals surface area (Å²) in [6, 6.07) is 3.87. The standard InChI is InChI=1S/C20H30F2N4O2/c1-2-23-20(24-8-11-27-14-17-4-3-10-28-17)25-16-7-9-26(13-16)19-6-5-15(21)12-18(19)22/h5-6,12,16-17H,2-4,7-11,13-14H2,1H3,(H2,23,24,25). The fourth-order valence-corrected chi connectivity index (χ4v) is 3.56. The van der Waals surface area contributed by atoms with Crippen LogP contribution >= 0.6 is 0 Å². The van der Waals surface area contributed by atoms with Crippen LogP contribution in [0.1, 0.15) is 26.2 Å². The van der Waals surface area contributed by atoms with Gasteiger partial charge in [0.05, 0.1) is 31.5 Å². The van der Waals surface area contributed by atoms with Crippen LogP contribution in [0.3, 0.4) is 0 Å². The number of rotatable bonds is 8. The van der Waals surface area contributed by atoms with Crippen molar-refractivity contribution >= 4 is 11.6 Å². The third-order valence-electron chi connectivity index (χ3n) is 4.96. The SMILES string of the molecule is CCNC(=NCCOCC1CCCO1)NC1CCN(c2ccc(F)cc2F)C1. The van der Waals surface area contributed by atoms with E-state index in [0.29, 0.717) is 38.5 Å². The number of hydrogen-bond acceptors (Lipinski definition) is 4. The van der Waals surface area contributed by atoms with Crippen LogP contribution in [0.15, 0.2) is 23.2 Å². The molecule has 0 aliphatic carbocycles. The Bertz CT molecular complexity index is 653. The van der Waals surface area contributed by atoms with Crippen LogP contribution in [0.5, 0.6) is 0 Å². The van der Waals surface area contributed by atoms with Gasteiger partial charge >= 0.3 is 0 Å². The van der Waals surface area contributed by atoms with E-state index in [-0.39, 0.29) is 12.1 Å². The summed E-state index contributed by atoms with van der Waals surface area (Å²) < 4.78 is 38.3. The van der Waals surface area contributed by atoms with Gasteiger partial charge in [-0.05, 0) is 38.3 Å². The molecule has 1 aromatic rings. The van der Waals surface area contributed by atoms with Crippen LogP contribution in [0.4, 0.5) is 14.5 Å². The molecule has 2 heterocycles. The summed E-state index contributed by atoms with van der Waals surface area (Å²) >= 11 is 0. The Kier molecular flexibility index (Phi) is 7.85. The van der Waals surface area contributed by atoms with E-state index < -0.39 is 11.6 Å². The number of hydrogen-bond donors (Lipinski definition) is 2. The van der Waals surface area contributed by atoms with Gasteiger partial charge in [0.1, 0.15) is 11.6 Å². The minimum absolute atomic E-state index is 0.148. The molecule has 0 amide bonds. The molecule has 0 aromatic heterocycles. The molecular formula is C20H30F2N4O2. The Balaban J connectivity index is 1.44. The predicted molar refractivity (Wildman–Crippen MR) is 106 cm³/mol. The average molecular weight is 396 g/mol. The third-order valence-corrected chi connectivity index (χ3v) is 4.96. The minimum Gasteiger partial charge on any atom is -0.377 e. The van der Waals surface area contributed by atoms with Crippen LogP contribution in [-0.4, -0.2) is 64.1 Å². The lowest BCUT2D eigenvalue weighted by Crippen LogP contribution is -2.44. The van der Waals surface area contributed by atoms with E-state index in [1.807, 2.05) is 11.8 Å². The molecule has 6 nitrogen and oxygen atoms in total. The first-order chi connectivity index (χ1) is 13.7. The highest BCUT2D eigenvalue weighted by atomic mass is 19.1. The second-order valence-electron chi connectivity index (χ2n) is 7.14. The number of nitrogens with zero attached hydrogens (tertiary/aromatic N) is 2. The molecule has 2 atom stereocenters. The quantitative estimate of drug-likeness (QED) is 0.401. The van der Waals surface area contributed by atoms with Gasteiger partial charge in [0.25, 0.3) is 0 Å². The molecular weight excluding hydrogens is 366 g/mol. The third kappa shape index (κ3) is 6.04. The van der Waals surface area contributed by atoms with Gasteiger partial charge in [0.2, 0.25) is 0 Å². The van der Waals surface area contributed by atoms with Crippen LogP contribution in [0, 0.1) is 11.6 Å². The zero-order valence-electron chi connectivity index (χ0n) is 16.4. The summed E-state index contributed by atoms with van der Waals surface area (Å²) in [5.41, 5.74) is 0.440. The van der Waals surface area contributed by atoms with Gasteiger partial charge in [-0.15, -0.1) is 0 Å². The van der Waals surface area contributed by atoms with Crippen LogP contribution in [0.25, 0.3) is 0 Å². The van der Waals surface area contributed by atoms with Gasteiger partial charge in [-0.3, -0.25) is 4.99 Å². The Morgan fingerprint density at radius 3 is 3.00 bits per heavy atom. The van der Waals surface area contributed by atoms with Gasteiger partial charge in [0.15, 0.2) is 5.96 Å². The first kappa shape index (κ1) is 20.8. The second-order valence-corrected chi connectivity index (χ2v) is 7.14. The number of benzene rings is 1. The van der Waals surface area contributed by atoms with Gasteiger partial charge in [-0.1, -0.05) is 0 Å². The van der Waals surface area contributed by atoms with Gasteiger partial charge in [-0.2, -0.15) is 0 Å². The molecule has 2 saturated heterocycles. The molecule has 2 unspecified atom stereocenters. The largest absolute Gasteiger partial charge is 0.377 e. The van der Waals surface area contributed by atoms with Crippen LogP contribution < -0.4 is 15.5 Å². The average Bonchev–Trinajstić information content (AvgIpc) is 3.34. The van der Waals surface area contributed by atoms with Crippen molar-refractivity contribution in [3.05, 3.63) is 29.8 Å². The lowest BCUT2D eigenvalue weighted by molar-refractivity contribution is 0.0200. The maximum Gasteiger partial charge on any atom is 0.191 e. The van der Waals surface area contributed by atoms with E-state index >= 15 is 0 Å². The van der Waals surface area contributed by atoms with E-state index in [9.17, 15) is 8.78 Å². The molecule has 3 rings (SSSR count). The second kappa shape index (κ2) is 10.6. The summed E-state index contributed by atoms with van der Waals surface area (Å²) in [5, 5.41) is 6.63. The summed E-state index contributed by atoms with van der Waals surface area (Å²) in [6.45, 7) is 6.69. The molecule has 8 heteroatoms. The first-order valence-electron chi connectivity index (χ1n) is 10.1. The van der Waals surface area contributed by atoms with Gasteiger partial charge in [0, 0.05) is 38.3 Å². The maximum atomic E-state index is 14.0. The Hall–Kier alpha value is -1.93. The first-order valence-corrected chi connectivity index (χ1v) is 10.1. The van der Waals surface area contributed by atoms with Crippen molar-refractivity contribution in [1.82, 2.24) is 10.6 Å². The highest BCUT2D eigenvalue weighted by Crippen LogP contribution is 2.24. The van der Waals surface area contributed by atoms with Crippen molar-refractivity contribution < 1.29 is 18.3 Å². The lowest BCUT2D eigenvalue weighted by Gasteiger charge is -2.21. The lowest BCUT2D eigenvalue weighted by atomic mass is 10.2. The van der Waals surface area contributed by atoms with E-state index in [1.165, 1.54) is 12.1 Å². The molecule has 2 aliphatic rings. The number of aliphatic imine (C=N–C) groups is 1. The van der Waals surface area contributed by atoms with Crippen LogP contribution in [0.2, 0.25) is 0 Å². The Morgan fingerprint density at radius 1 is 1.36 bits per heavy atom. The molecule has 0 saturated carbocycles. The minimum atomic E-state index is -0.557. The summed E-state index contributed by atoms with van der Waals surface area (Å²) in [7, 11) is 0. The zero-order valence-corrected chi connectivity index (χ0v) is 16.4. The molecule has 0 bridgehead atoms. The van der Waals surface area contributed by atoms with Crippen molar-refractivity contribution in [3.8, 4) is 0 Å². The van der Waals surface area contributed by atoms with E-state index in [0.717, 1.165) is 44.4 Å². The molecule has 0 radical (unpaired) electrons. The van der Waals surface area contributed by atoms with Crippen molar-refractivity contribution in [3.63, 3.8) is 0 Å². The molecule has 1 aromatic carbocycles. The fraction of sp³-hybridized carbons (Fsp3) is 0.650. The van der Waals surface area contributed by atoms with E-state index in [1.54, 1.807) is 0 Å². The number of nitrogens with one attached hydrogen (secondary N) is 2.